The van der Waals surface area contributed by atoms with Gasteiger partial charge in [-0.15, -0.1) is 0 Å². The van der Waals surface area contributed by atoms with Crippen molar-refractivity contribution in [2.24, 2.45) is 5.92 Å². The third kappa shape index (κ3) is 3.57. The van der Waals surface area contributed by atoms with Gasteiger partial charge in [0.1, 0.15) is 0 Å². The van der Waals surface area contributed by atoms with E-state index in [2.05, 4.69) is 55.8 Å². The van der Waals surface area contributed by atoms with Gasteiger partial charge in [0.15, 0.2) is 5.82 Å². The number of benzene rings is 1. The van der Waals surface area contributed by atoms with Gasteiger partial charge >= 0.3 is 0 Å². The summed E-state index contributed by atoms with van der Waals surface area (Å²) in [6, 6.07) is 3.76. The van der Waals surface area contributed by atoms with E-state index in [0.717, 1.165) is 33.2 Å². The van der Waals surface area contributed by atoms with Crippen LogP contribution in [0.1, 0.15) is 26.1 Å². The zero-order valence-electron chi connectivity index (χ0n) is 10.8. The van der Waals surface area contributed by atoms with Crippen molar-refractivity contribution in [3.05, 3.63) is 26.9 Å². The average Bonchev–Trinajstić information content (AvgIpc) is 2.79. The molecule has 0 fully saturated rings. The topological polar surface area (TPSA) is 64.9 Å². The Bertz CT molecular complexity index is 581. The summed E-state index contributed by atoms with van der Waals surface area (Å²) in [5, 5.41) is 3.99. The minimum Gasteiger partial charge on any atom is -0.397 e. The fourth-order valence-corrected chi connectivity index (χ4v) is 2.87. The zero-order valence-corrected chi connectivity index (χ0v) is 14.0. The van der Waals surface area contributed by atoms with E-state index >= 15 is 0 Å². The monoisotopic (exact) mass is 387 g/mol. The average molecular weight is 389 g/mol. The van der Waals surface area contributed by atoms with Crippen LogP contribution < -0.4 is 5.73 Å². The Kier molecular flexibility index (Phi) is 4.62. The first kappa shape index (κ1) is 14.5. The molecule has 2 rings (SSSR count). The van der Waals surface area contributed by atoms with E-state index in [0.29, 0.717) is 17.5 Å². The highest BCUT2D eigenvalue weighted by atomic mass is 79.9. The van der Waals surface area contributed by atoms with E-state index in [1.807, 2.05) is 12.1 Å². The SMILES string of the molecule is CC(C)CCc1noc(-c2cc(Br)cc(Br)c2N)n1. The second kappa shape index (κ2) is 6.05. The maximum atomic E-state index is 6.02. The molecule has 0 amide bonds. The molecule has 0 bridgehead atoms. The molecule has 0 aliphatic heterocycles. The summed E-state index contributed by atoms with van der Waals surface area (Å²) in [4.78, 5) is 4.40. The van der Waals surface area contributed by atoms with Crippen molar-refractivity contribution in [3.8, 4) is 11.5 Å². The molecule has 4 nitrogen and oxygen atoms in total. The van der Waals surface area contributed by atoms with E-state index in [1.165, 1.54) is 0 Å². The van der Waals surface area contributed by atoms with Crippen molar-refractivity contribution >= 4 is 37.5 Å². The molecule has 0 saturated heterocycles. The van der Waals surface area contributed by atoms with Crippen LogP contribution in [0.2, 0.25) is 0 Å². The van der Waals surface area contributed by atoms with Crippen LogP contribution in [-0.2, 0) is 6.42 Å². The van der Waals surface area contributed by atoms with Gasteiger partial charge in [-0.25, -0.2) is 0 Å². The first-order valence-corrected chi connectivity index (χ1v) is 7.63. The molecule has 0 spiro atoms. The lowest BCUT2D eigenvalue weighted by molar-refractivity contribution is 0.419. The molecule has 0 atom stereocenters. The molecule has 0 saturated carbocycles. The number of hydrogen-bond donors (Lipinski definition) is 1. The van der Waals surface area contributed by atoms with Crippen molar-refractivity contribution in [1.82, 2.24) is 10.1 Å². The smallest absolute Gasteiger partial charge is 0.260 e. The molecular formula is C13H15Br2N3O. The van der Waals surface area contributed by atoms with Crippen LogP contribution in [-0.4, -0.2) is 10.1 Å². The number of aryl methyl sites for hydroxylation is 1. The zero-order chi connectivity index (χ0) is 14.0. The van der Waals surface area contributed by atoms with E-state index in [9.17, 15) is 0 Å². The number of aromatic nitrogens is 2. The van der Waals surface area contributed by atoms with Gasteiger partial charge in [0.05, 0.1) is 11.3 Å². The number of nitrogen functional groups attached to an aromatic ring is 1. The second-order valence-electron chi connectivity index (χ2n) is 4.80. The summed E-state index contributed by atoms with van der Waals surface area (Å²) < 4.78 is 7.00. The van der Waals surface area contributed by atoms with Gasteiger partial charge in [-0.3, -0.25) is 0 Å². The summed E-state index contributed by atoms with van der Waals surface area (Å²) in [5.41, 5.74) is 7.36. The summed E-state index contributed by atoms with van der Waals surface area (Å²) in [6.45, 7) is 4.34. The normalized spacial score (nSPS) is 11.2. The Balaban J connectivity index is 2.28. The van der Waals surface area contributed by atoms with Crippen molar-refractivity contribution in [2.45, 2.75) is 26.7 Å². The predicted molar refractivity (Wildman–Crippen MR) is 82.7 cm³/mol. The number of nitrogens with two attached hydrogens (primary N) is 1. The van der Waals surface area contributed by atoms with Crippen LogP contribution in [0.4, 0.5) is 5.69 Å². The largest absolute Gasteiger partial charge is 0.397 e. The Labute approximate surface area is 129 Å². The van der Waals surface area contributed by atoms with Crippen molar-refractivity contribution in [1.29, 1.82) is 0 Å². The summed E-state index contributed by atoms with van der Waals surface area (Å²) in [6.07, 6.45) is 1.85. The molecular weight excluding hydrogens is 374 g/mol. The van der Waals surface area contributed by atoms with Gasteiger partial charge in [0, 0.05) is 15.4 Å². The van der Waals surface area contributed by atoms with Gasteiger partial charge in [-0.05, 0) is 40.4 Å². The van der Waals surface area contributed by atoms with Crippen LogP contribution in [0.25, 0.3) is 11.5 Å². The van der Waals surface area contributed by atoms with Crippen LogP contribution in [0, 0.1) is 5.92 Å². The van der Waals surface area contributed by atoms with Gasteiger partial charge < -0.3 is 10.3 Å². The maximum Gasteiger partial charge on any atom is 0.260 e. The van der Waals surface area contributed by atoms with Crippen LogP contribution in [0.5, 0.6) is 0 Å². The lowest BCUT2D eigenvalue weighted by atomic mass is 10.1. The molecule has 1 aromatic heterocycles. The van der Waals surface area contributed by atoms with Crippen LogP contribution in [0.15, 0.2) is 25.6 Å². The number of nitrogens with zero attached hydrogens (tertiary/aromatic N) is 2. The molecule has 1 heterocycles. The Morgan fingerprint density at radius 3 is 2.74 bits per heavy atom. The lowest BCUT2D eigenvalue weighted by Crippen LogP contribution is -1.95. The van der Waals surface area contributed by atoms with Crippen molar-refractivity contribution in [3.63, 3.8) is 0 Å². The molecule has 0 radical (unpaired) electrons. The molecule has 0 unspecified atom stereocenters. The fraction of sp³-hybridized carbons (Fsp3) is 0.385. The molecule has 0 aliphatic rings. The van der Waals surface area contributed by atoms with E-state index < -0.39 is 0 Å². The Morgan fingerprint density at radius 1 is 1.32 bits per heavy atom. The highest BCUT2D eigenvalue weighted by molar-refractivity contribution is 9.11. The number of hydrogen-bond acceptors (Lipinski definition) is 4. The molecule has 102 valence electrons. The first-order chi connectivity index (χ1) is 8.97. The quantitative estimate of drug-likeness (QED) is 0.786. The third-order valence-electron chi connectivity index (χ3n) is 2.74. The molecule has 19 heavy (non-hydrogen) atoms. The van der Waals surface area contributed by atoms with E-state index in [-0.39, 0.29) is 0 Å². The maximum absolute atomic E-state index is 6.02. The molecule has 0 aliphatic carbocycles. The van der Waals surface area contributed by atoms with E-state index in [1.54, 1.807) is 0 Å². The number of halogens is 2. The molecule has 1 aromatic carbocycles. The van der Waals surface area contributed by atoms with Crippen LogP contribution in [0.3, 0.4) is 0 Å². The molecule has 6 heteroatoms. The van der Waals surface area contributed by atoms with Crippen LogP contribution >= 0.6 is 31.9 Å². The number of rotatable bonds is 4. The third-order valence-corrected chi connectivity index (χ3v) is 3.85. The first-order valence-electron chi connectivity index (χ1n) is 6.05. The lowest BCUT2D eigenvalue weighted by Gasteiger charge is -2.04. The Morgan fingerprint density at radius 2 is 2.05 bits per heavy atom. The van der Waals surface area contributed by atoms with E-state index in [4.69, 9.17) is 10.3 Å². The minimum atomic E-state index is 0.457. The summed E-state index contributed by atoms with van der Waals surface area (Å²) in [7, 11) is 0. The fourth-order valence-electron chi connectivity index (χ4n) is 1.64. The predicted octanol–water partition coefficient (Wildman–Crippen LogP) is 4.43. The van der Waals surface area contributed by atoms with Crippen molar-refractivity contribution in [2.75, 3.05) is 5.73 Å². The number of anilines is 1. The van der Waals surface area contributed by atoms with Crippen molar-refractivity contribution < 1.29 is 4.52 Å². The standard InChI is InChI=1S/C13H15Br2N3O/c1-7(2)3-4-11-17-13(19-18-11)9-5-8(14)6-10(15)12(9)16/h5-7H,3-4,16H2,1-2H3. The second-order valence-corrected chi connectivity index (χ2v) is 6.57. The van der Waals surface area contributed by atoms with Gasteiger partial charge in [0.25, 0.3) is 5.89 Å². The minimum absolute atomic E-state index is 0.457. The summed E-state index contributed by atoms with van der Waals surface area (Å²) >= 11 is 6.83. The van der Waals surface area contributed by atoms with Gasteiger partial charge in [-0.1, -0.05) is 34.9 Å². The Hall–Kier alpha value is -0.880. The van der Waals surface area contributed by atoms with Gasteiger partial charge in [-0.2, -0.15) is 4.98 Å². The molecule has 2 aromatic rings. The summed E-state index contributed by atoms with van der Waals surface area (Å²) in [5.74, 6) is 1.80. The van der Waals surface area contributed by atoms with Gasteiger partial charge in [0.2, 0.25) is 0 Å². The molecule has 2 N–H and O–H groups in total. The highest BCUT2D eigenvalue weighted by Gasteiger charge is 2.14. The highest BCUT2D eigenvalue weighted by Crippen LogP contribution is 2.34.